The van der Waals surface area contributed by atoms with Crippen molar-refractivity contribution in [2.45, 2.75) is 95.0 Å². The molecule has 1 aromatic carbocycles. The molecular weight excluding hydrogens is 518 g/mol. The van der Waals surface area contributed by atoms with Gasteiger partial charge in [-0.15, -0.1) is 11.8 Å². The van der Waals surface area contributed by atoms with Crippen molar-refractivity contribution in [3.8, 4) is 11.5 Å². The third kappa shape index (κ3) is 4.19. The predicted molar refractivity (Wildman–Crippen MR) is 147 cm³/mol. The second-order valence-corrected chi connectivity index (χ2v) is 14.2. The number of allylic oxidation sites excluding steroid dienone is 2. The number of anilines is 1. The minimum Gasteiger partial charge on any atom is -0.506 e. The van der Waals surface area contributed by atoms with E-state index in [1.165, 1.54) is 19.3 Å². The minimum absolute atomic E-state index is 0.00928. The number of benzene rings is 1. The molecule has 8 nitrogen and oxygen atoms in total. The van der Waals surface area contributed by atoms with Crippen molar-refractivity contribution in [3.05, 3.63) is 28.7 Å². The molecule has 6 aliphatic rings. The summed E-state index contributed by atoms with van der Waals surface area (Å²) in [6.07, 6.45) is 11.3. The van der Waals surface area contributed by atoms with Crippen LogP contribution < -0.4 is 5.32 Å². The van der Waals surface area contributed by atoms with E-state index in [0.717, 1.165) is 49.1 Å². The monoisotopic (exact) mass is 555 g/mol. The molecule has 4 N–H and O–H groups in total. The summed E-state index contributed by atoms with van der Waals surface area (Å²) >= 11 is 1.75. The lowest BCUT2D eigenvalue weighted by Gasteiger charge is -2.56. The Balaban J connectivity index is 1.27. The van der Waals surface area contributed by atoms with E-state index >= 15 is 0 Å². The zero-order chi connectivity index (χ0) is 27.7. The van der Waals surface area contributed by atoms with Crippen LogP contribution in [-0.4, -0.2) is 49.9 Å². The number of amides is 1. The Morgan fingerprint density at radius 1 is 1.15 bits per heavy atom. The van der Waals surface area contributed by atoms with Gasteiger partial charge in [0.15, 0.2) is 11.5 Å². The Bertz CT molecular complexity index is 1270. The number of phenolic OH excluding ortho intramolecular Hbond substituents is 1. The van der Waals surface area contributed by atoms with Gasteiger partial charge in [-0.05, 0) is 68.9 Å². The van der Waals surface area contributed by atoms with Gasteiger partial charge in [-0.25, -0.2) is 4.79 Å². The number of carboxylic acid groups (broad SMARTS) is 1. The molecule has 5 fully saturated rings. The fraction of sp³-hybridized carbons (Fsp3) is 0.633. The molecule has 39 heavy (non-hydrogen) atoms. The molecule has 0 radical (unpaired) electrons. The molecule has 4 bridgehead atoms. The number of ether oxygens (including phenoxy) is 1. The number of aromatic hydroxyl groups is 2. The highest BCUT2D eigenvalue weighted by atomic mass is 32.2. The Morgan fingerprint density at radius 3 is 2.59 bits per heavy atom. The maximum atomic E-state index is 14.3. The van der Waals surface area contributed by atoms with Crippen LogP contribution in [0.2, 0.25) is 0 Å². The first-order valence-electron chi connectivity index (χ1n) is 14.2. The van der Waals surface area contributed by atoms with Crippen LogP contribution in [0.4, 0.5) is 5.69 Å². The van der Waals surface area contributed by atoms with E-state index in [-0.39, 0.29) is 40.9 Å². The fourth-order valence-corrected chi connectivity index (χ4v) is 10.2. The van der Waals surface area contributed by atoms with Gasteiger partial charge in [-0.3, -0.25) is 9.59 Å². The second kappa shape index (κ2) is 9.26. The summed E-state index contributed by atoms with van der Waals surface area (Å²) in [7, 11) is 0. The molecule has 0 aromatic heterocycles. The molecule has 6 atom stereocenters. The molecule has 2 heterocycles. The van der Waals surface area contributed by atoms with Gasteiger partial charge in [-0.1, -0.05) is 32.3 Å². The van der Waals surface area contributed by atoms with E-state index in [0.29, 0.717) is 17.6 Å². The average molecular weight is 556 g/mol. The molecule has 9 heteroatoms. The summed E-state index contributed by atoms with van der Waals surface area (Å²) in [6.45, 7) is 4.22. The van der Waals surface area contributed by atoms with Crippen LogP contribution in [0.5, 0.6) is 11.5 Å². The van der Waals surface area contributed by atoms with Crippen molar-refractivity contribution in [1.82, 2.24) is 0 Å². The van der Waals surface area contributed by atoms with Crippen LogP contribution in [0, 0.1) is 22.7 Å². The van der Waals surface area contributed by atoms with Gasteiger partial charge in [0.2, 0.25) is 5.91 Å². The topological polar surface area (TPSA) is 133 Å². The van der Waals surface area contributed by atoms with Gasteiger partial charge in [-0.2, -0.15) is 0 Å². The SMILES string of the molecule is C[C@]12C[C@@]34C=C(SC5CCCCC5)C(=O)[C@@](C)(CCC(=O)Nc5c(O)ccc(C(=O)O)c5O)[C@@H]3[C@H](C[C@@H]1C4)O2. The van der Waals surface area contributed by atoms with E-state index in [9.17, 15) is 29.7 Å². The third-order valence-corrected chi connectivity index (χ3v) is 11.7. The number of aromatic carboxylic acids is 1. The second-order valence-electron chi connectivity index (χ2n) is 12.8. The summed E-state index contributed by atoms with van der Waals surface area (Å²) in [5.74, 6) is -2.41. The third-order valence-electron chi connectivity index (χ3n) is 10.3. The number of carbonyl (C=O) groups excluding carboxylic acids is 2. The van der Waals surface area contributed by atoms with Crippen molar-refractivity contribution in [2.75, 3.05) is 5.32 Å². The summed E-state index contributed by atoms with van der Waals surface area (Å²) in [4.78, 5) is 39.6. The predicted octanol–water partition coefficient (Wildman–Crippen LogP) is 5.63. The normalized spacial score (nSPS) is 37.0. The first kappa shape index (κ1) is 26.7. The molecule has 1 spiro atoms. The number of rotatable bonds is 7. The Labute approximate surface area is 232 Å². The molecule has 7 rings (SSSR count). The van der Waals surface area contributed by atoms with E-state index < -0.39 is 34.4 Å². The highest BCUT2D eigenvalue weighted by Gasteiger charge is 2.72. The number of Topliss-reactive ketones (excluding diaryl/α,β-unsaturated/α-hetero) is 1. The Morgan fingerprint density at radius 2 is 1.90 bits per heavy atom. The molecule has 3 saturated carbocycles. The van der Waals surface area contributed by atoms with Crippen LogP contribution in [0.25, 0.3) is 0 Å². The molecule has 2 saturated heterocycles. The molecule has 1 aromatic rings. The summed E-state index contributed by atoms with van der Waals surface area (Å²) in [5, 5.41) is 32.8. The first-order valence-corrected chi connectivity index (χ1v) is 15.0. The number of ketones is 1. The number of phenols is 2. The molecule has 2 aliphatic heterocycles. The number of carboxylic acids is 1. The van der Waals surface area contributed by atoms with Crippen LogP contribution in [-0.2, 0) is 14.3 Å². The molecule has 0 unspecified atom stereocenters. The number of thioether (sulfide) groups is 1. The standard InChI is InChI=1S/C30H37NO7S/c1-28(11-10-22(33)31-23-19(32)9-8-18(24(23)34)27(36)37)25-20-12-16-13-30(25,15-29(16,2)38-20)14-21(26(28)35)39-17-6-4-3-5-7-17/h8-9,14,16-17,20,25,32,34H,3-7,10-13,15H2,1-2H3,(H,31,33)(H,36,37)/t16-,20+,25+,28+,29+,30-/m1/s1. The van der Waals surface area contributed by atoms with E-state index in [4.69, 9.17) is 4.74 Å². The van der Waals surface area contributed by atoms with Crippen LogP contribution in [0.3, 0.4) is 0 Å². The van der Waals surface area contributed by atoms with Gasteiger partial charge < -0.3 is 25.4 Å². The quantitative estimate of drug-likeness (QED) is 0.318. The largest absolute Gasteiger partial charge is 0.506 e. The maximum Gasteiger partial charge on any atom is 0.339 e. The van der Waals surface area contributed by atoms with Crippen molar-refractivity contribution in [2.24, 2.45) is 22.7 Å². The Hall–Kier alpha value is -2.52. The summed E-state index contributed by atoms with van der Waals surface area (Å²) in [5.41, 5.74) is -1.81. The van der Waals surface area contributed by atoms with Crippen molar-refractivity contribution in [3.63, 3.8) is 0 Å². The van der Waals surface area contributed by atoms with E-state index in [1.807, 2.05) is 6.92 Å². The smallest absolute Gasteiger partial charge is 0.339 e. The molecular formula is C30H37NO7S. The first-order chi connectivity index (χ1) is 18.5. The zero-order valence-electron chi connectivity index (χ0n) is 22.5. The number of hydrogen-bond donors (Lipinski definition) is 4. The van der Waals surface area contributed by atoms with Gasteiger partial charge in [0.1, 0.15) is 17.0 Å². The lowest BCUT2D eigenvalue weighted by atomic mass is 9.51. The molecule has 210 valence electrons. The fourth-order valence-electron chi connectivity index (χ4n) is 8.67. The van der Waals surface area contributed by atoms with Crippen LogP contribution in [0.15, 0.2) is 23.1 Å². The minimum atomic E-state index is -1.37. The summed E-state index contributed by atoms with van der Waals surface area (Å²) in [6, 6.07) is 2.20. The van der Waals surface area contributed by atoms with Crippen molar-refractivity contribution in [1.29, 1.82) is 0 Å². The van der Waals surface area contributed by atoms with Gasteiger partial charge >= 0.3 is 5.97 Å². The van der Waals surface area contributed by atoms with Crippen LogP contribution in [0.1, 0.15) is 88.4 Å². The van der Waals surface area contributed by atoms with Crippen molar-refractivity contribution < 1.29 is 34.4 Å². The number of carbonyl (C=O) groups is 3. The van der Waals surface area contributed by atoms with E-state index in [1.54, 1.807) is 11.8 Å². The van der Waals surface area contributed by atoms with E-state index in [2.05, 4.69) is 18.3 Å². The number of nitrogens with one attached hydrogen (secondary N) is 1. The summed E-state index contributed by atoms with van der Waals surface area (Å²) < 4.78 is 6.59. The lowest BCUT2D eigenvalue weighted by molar-refractivity contribution is -0.169. The van der Waals surface area contributed by atoms with Gasteiger partial charge in [0.05, 0.1) is 11.7 Å². The van der Waals surface area contributed by atoms with Gasteiger partial charge in [0.25, 0.3) is 0 Å². The van der Waals surface area contributed by atoms with Gasteiger partial charge in [0, 0.05) is 27.9 Å². The maximum absolute atomic E-state index is 14.3. The average Bonchev–Trinajstić information content (AvgIpc) is 3.25. The zero-order valence-corrected chi connectivity index (χ0v) is 23.3. The highest BCUT2D eigenvalue weighted by molar-refractivity contribution is 8.04. The highest BCUT2D eigenvalue weighted by Crippen LogP contribution is 2.72. The van der Waals surface area contributed by atoms with Crippen LogP contribution >= 0.6 is 11.8 Å². The molecule has 4 aliphatic carbocycles. The number of hydrogen-bond acceptors (Lipinski definition) is 7. The Kier molecular flexibility index (Phi) is 6.34. The molecule has 1 amide bonds. The lowest BCUT2D eigenvalue weighted by Crippen LogP contribution is -2.57. The van der Waals surface area contributed by atoms with Crippen molar-refractivity contribution >= 4 is 35.1 Å².